The average molecular weight is 296 g/mol. The maximum atomic E-state index is 11.1. The Hall–Kier alpha value is -0.610. The molecule has 3 rings (SSSR count). The Morgan fingerprint density at radius 2 is 1.76 bits per heavy atom. The molecule has 0 bridgehead atoms. The maximum Gasteiger partial charge on any atom is 0.302 e. The summed E-state index contributed by atoms with van der Waals surface area (Å²) >= 11 is 0. The zero-order chi connectivity index (χ0) is 15.2. The molecule has 0 amide bonds. The predicted molar refractivity (Wildman–Crippen MR) is 78.7 cm³/mol. The smallest absolute Gasteiger partial charge is 0.302 e. The van der Waals surface area contributed by atoms with Crippen LogP contribution in [0, 0.1) is 17.3 Å². The first kappa shape index (κ1) is 15.3. The monoisotopic (exact) mass is 296 g/mol. The number of aliphatic hydroxyl groups is 1. The Balaban J connectivity index is 1.59. The van der Waals surface area contributed by atoms with E-state index in [1.54, 1.807) is 0 Å². The molecule has 1 N–H and O–H groups in total. The third-order valence-electron chi connectivity index (χ3n) is 6.18. The van der Waals surface area contributed by atoms with Gasteiger partial charge in [0.25, 0.3) is 0 Å². The van der Waals surface area contributed by atoms with Gasteiger partial charge >= 0.3 is 5.97 Å². The summed E-state index contributed by atoms with van der Waals surface area (Å²) in [5, 5.41) is 10.3. The fourth-order valence-corrected chi connectivity index (χ4v) is 4.56. The van der Waals surface area contributed by atoms with Crippen LogP contribution in [0.4, 0.5) is 0 Å². The molecule has 1 aliphatic heterocycles. The van der Waals surface area contributed by atoms with E-state index < -0.39 is 6.10 Å². The Bertz CT molecular complexity index is 406. The van der Waals surface area contributed by atoms with Gasteiger partial charge in [-0.1, -0.05) is 13.8 Å². The molecule has 0 aromatic rings. The van der Waals surface area contributed by atoms with E-state index >= 15 is 0 Å². The van der Waals surface area contributed by atoms with Crippen molar-refractivity contribution in [1.82, 2.24) is 0 Å². The summed E-state index contributed by atoms with van der Waals surface area (Å²) in [7, 11) is 0. The molecular weight excluding hydrogens is 268 g/mol. The van der Waals surface area contributed by atoms with E-state index in [0.29, 0.717) is 24.0 Å². The highest BCUT2D eigenvalue weighted by Gasteiger charge is 2.50. The van der Waals surface area contributed by atoms with Gasteiger partial charge in [0.15, 0.2) is 0 Å². The van der Waals surface area contributed by atoms with Crippen LogP contribution in [0.15, 0.2) is 0 Å². The molecule has 1 heterocycles. The molecule has 6 atom stereocenters. The van der Waals surface area contributed by atoms with Crippen LogP contribution in [0.25, 0.3) is 0 Å². The molecule has 0 aromatic heterocycles. The summed E-state index contributed by atoms with van der Waals surface area (Å²) < 4.78 is 10.9. The van der Waals surface area contributed by atoms with Crippen molar-refractivity contribution in [3.05, 3.63) is 0 Å². The van der Waals surface area contributed by atoms with Crippen LogP contribution in [0.2, 0.25) is 0 Å². The van der Waals surface area contributed by atoms with Crippen molar-refractivity contribution in [2.75, 3.05) is 0 Å². The van der Waals surface area contributed by atoms with Crippen molar-refractivity contribution in [3.8, 4) is 0 Å². The van der Waals surface area contributed by atoms with E-state index in [1.807, 2.05) is 0 Å². The fraction of sp³-hybridized carbons (Fsp3) is 0.941. The van der Waals surface area contributed by atoms with E-state index in [9.17, 15) is 9.90 Å². The Kier molecular flexibility index (Phi) is 4.04. The molecule has 2 aliphatic carbocycles. The lowest BCUT2D eigenvalue weighted by Crippen LogP contribution is -2.44. The zero-order valence-corrected chi connectivity index (χ0v) is 13.4. The molecule has 120 valence electrons. The SMILES string of the molecule is CC(=O)OC1CCC(C(C)(C)C2CCC3OC3C2)CC1O. The normalized spacial score (nSPS) is 43.0. The van der Waals surface area contributed by atoms with Gasteiger partial charge in [-0.3, -0.25) is 4.79 Å². The van der Waals surface area contributed by atoms with E-state index in [2.05, 4.69) is 13.8 Å². The number of epoxide rings is 1. The second-order valence-electron chi connectivity index (χ2n) is 7.77. The largest absolute Gasteiger partial charge is 0.460 e. The first-order valence-electron chi connectivity index (χ1n) is 8.38. The number of esters is 1. The molecule has 6 unspecified atom stereocenters. The van der Waals surface area contributed by atoms with E-state index in [1.165, 1.54) is 26.2 Å². The number of ether oxygens (including phenoxy) is 2. The lowest BCUT2D eigenvalue weighted by molar-refractivity contribution is -0.158. The molecular formula is C17H28O4. The van der Waals surface area contributed by atoms with Crippen LogP contribution in [-0.2, 0) is 14.3 Å². The molecule has 4 heteroatoms. The van der Waals surface area contributed by atoms with Gasteiger partial charge in [-0.2, -0.15) is 0 Å². The van der Waals surface area contributed by atoms with Gasteiger partial charge in [-0.25, -0.2) is 0 Å². The second kappa shape index (κ2) is 5.54. The van der Waals surface area contributed by atoms with E-state index in [0.717, 1.165) is 19.3 Å². The lowest BCUT2D eigenvalue weighted by atomic mass is 9.60. The Morgan fingerprint density at radius 1 is 1.10 bits per heavy atom. The first-order valence-corrected chi connectivity index (χ1v) is 8.38. The quantitative estimate of drug-likeness (QED) is 0.642. The van der Waals surface area contributed by atoms with Crippen molar-refractivity contribution in [1.29, 1.82) is 0 Å². The summed E-state index contributed by atoms with van der Waals surface area (Å²) in [6, 6.07) is 0. The number of hydrogen-bond acceptors (Lipinski definition) is 4. The van der Waals surface area contributed by atoms with Crippen LogP contribution in [0.5, 0.6) is 0 Å². The Morgan fingerprint density at radius 3 is 2.38 bits per heavy atom. The van der Waals surface area contributed by atoms with E-state index in [-0.39, 0.29) is 17.5 Å². The summed E-state index contributed by atoms with van der Waals surface area (Å²) in [4.78, 5) is 11.1. The number of hydrogen-bond donors (Lipinski definition) is 1. The minimum absolute atomic E-state index is 0.221. The topological polar surface area (TPSA) is 59.1 Å². The summed E-state index contributed by atoms with van der Waals surface area (Å²) in [5.74, 6) is 0.893. The van der Waals surface area contributed by atoms with E-state index in [4.69, 9.17) is 9.47 Å². The standard InChI is InChI=1S/C17H28O4/c1-10(18)20-14-6-4-11(8-13(14)19)17(2,3)12-5-7-15-16(9-12)21-15/h11-16,19H,4-9H2,1-3H3. The molecule has 3 aliphatic rings. The van der Waals surface area contributed by atoms with Crippen LogP contribution in [0.3, 0.4) is 0 Å². The fourth-order valence-electron chi connectivity index (χ4n) is 4.56. The molecule has 0 radical (unpaired) electrons. The highest BCUT2D eigenvalue weighted by Crippen LogP contribution is 2.52. The highest BCUT2D eigenvalue weighted by atomic mass is 16.6. The number of carbonyl (C=O) groups excluding carboxylic acids is 1. The van der Waals surface area contributed by atoms with Crippen molar-refractivity contribution in [2.45, 2.75) is 83.7 Å². The highest BCUT2D eigenvalue weighted by molar-refractivity contribution is 5.66. The zero-order valence-electron chi connectivity index (χ0n) is 13.4. The predicted octanol–water partition coefficient (Wildman–Crippen LogP) is 2.67. The van der Waals surface area contributed by atoms with Crippen molar-refractivity contribution in [3.63, 3.8) is 0 Å². The molecule has 21 heavy (non-hydrogen) atoms. The average Bonchev–Trinajstić information content (AvgIpc) is 3.18. The van der Waals surface area contributed by atoms with Gasteiger partial charge in [0, 0.05) is 6.92 Å². The number of carbonyl (C=O) groups is 1. The Labute approximate surface area is 127 Å². The number of rotatable bonds is 3. The third-order valence-corrected chi connectivity index (χ3v) is 6.18. The van der Waals surface area contributed by atoms with Gasteiger partial charge in [0.05, 0.1) is 18.3 Å². The first-order chi connectivity index (χ1) is 9.88. The van der Waals surface area contributed by atoms with Gasteiger partial charge in [0.2, 0.25) is 0 Å². The molecule has 3 fully saturated rings. The minimum atomic E-state index is -0.513. The van der Waals surface area contributed by atoms with Crippen LogP contribution < -0.4 is 0 Å². The van der Waals surface area contributed by atoms with Gasteiger partial charge in [-0.05, 0) is 55.8 Å². The summed E-state index contributed by atoms with van der Waals surface area (Å²) in [6.07, 6.45) is 6.41. The van der Waals surface area contributed by atoms with Crippen molar-refractivity contribution < 1.29 is 19.4 Å². The summed E-state index contributed by atoms with van der Waals surface area (Å²) in [5.41, 5.74) is 0.221. The second-order valence-corrected chi connectivity index (χ2v) is 7.77. The molecule has 0 spiro atoms. The van der Waals surface area contributed by atoms with Crippen LogP contribution >= 0.6 is 0 Å². The molecule has 4 nitrogen and oxygen atoms in total. The lowest BCUT2D eigenvalue weighted by Gasteiger charge is -2.46. The number of fused-ring (bicyclic) bond motifs is 1. The maximum absolute atomic E-state index is 11.1. The van der Waals surface area contributed by atoms with Crippen LogP contribution in [0.1, 0.15) is 59.3 Å². The number of aliphatic hydroxyl groups excluding tert-OH is 1. The van der Waals surface area contributed by atoms with Crippen molar-refractivity contribution in [2.24, 2.45) is 17.3 Å². The van der Waals surface area contributed by atoms with Crippen LogP contribution in [-0.4, -0.2) is 35.5 Å². The van der Waals surface area contributed by atoms with Gasteiger partial charge in [-0.15, -0.1) is 0 Å². The molecule has 2 saturated carbocycles. The van der Waals surface area contributed by atoms with Gasteiger partial charge < -0.3 is 14.6 Å². The minimum Gasteiger partial charge on any atom is -0.460 e. The summed E-state index contributed by atoms with van der Waals surface area (Å²) in [6.45, 7) is 6.12. The van der Waals surface area contributed by atoms with Gasteiger partial charge in [0.1, 0.15) is 6.10 Å². The van der Waals surface area contributed by atoms with Crippen molar-refractivity contribution >= 4 is 5.97 Å². The molecule has 0 aromatic carbocycles. The third kappa shape index (κ3) is 3.11. The molecule has 1 saturated heterocycles.